The number of carbonyl (C=O) groups excluding carboxylic acids is 4. The summed E-state index contributed by atoms with van der Waals surface area (Å²) in [5.74, 6) is 0.0279. The lowest BCUT2D eigenvalue weighted by Gasteiger charge is -2.09. The minimum atomic E-state index is -0.289. The fourth-order valence-electron chi connectivity index (χ4n) is 2.49. The predicted molar refractivity (Wildman–Crippen MR) is 120 cm³/mol. The Morgan fingerprint density at radius 3 is 1.33 bits per heavy atom. The van der Waals surface area contributed by atoms with Crippen LogP contribution in [0.5, 0.6) is 0 Å². The highest BCUT2D eigenvalue weighted by atomic mass is 33.1. The van der Waals surface area contributed by atoms with Crippen LogP contribution in [0.2, 0.25) is 0 Å². The van der Waals surface area contributed by atoms with Crippen molar-refractivity contribution in [3.8, 4) is 0 Å². The van der Waals surface area contributed by atoms with Crippen LogP contribution in [0, 0.1) is 11.8 Å². The van der Waals surface area contributed by atoms with Gasteiger partial charge in [-0.2, -0.15) is 0 Å². The molecule has 8 nitrogen and oxygen atoms in total. The summed E-state index contributed by atoms with van der Waals surface area (Å²) in [7, 11) is 3.17. The SMILES string of the molecule is O=C(CNC(=O)C1C=CC=C1)NCCSSCCNC(=O)CNC(=O)C1C=CC=C1. The van der Waals surface area contributed by atoms with Crippen LogP contribution in [0.25, 0.3) is 0 Å². The maximum absolute atomic E-state index is 11.8. The molecule has 0 fully saturated rings. The molecule has 30 heavy (non-hydrogen) atoms. The van der Waals surface area contributed by atoms with Gasteiger partial charge >= 0.3 is 0 Å². The molecule has 0 unspecified atom stereocenters. The van der Waals surface area contributed by atoms with Gasteiger partial charge in [-0.15, -0.1) is 0 Å². The minimum Gasteiger partial charge on any atom is -0.354 e. The number of allylic oxidation sites excluding steroid dienone is 4. The summed E-state index contributed by atoms with van der Waals surface area (Å²) in [5, 5.41) is 10.7. The van der Waals surface area contributed by atoms with E-state index in [0.717, 1.165) is 0 Å². The first-order valence-electron chi connectivity index (χ1n) is 9.59. The Morgan fingerprint density at radius 2 is 0.967 bits per heavy atom. The summed E-state index contributed by atoms with van der Waals surface area (Å²) in [6.07, 6.45) is 14.3. The van der Waals surface area contributed by atoms with E-state index >= 15 is 0 Å². The fourth-order valence-corrected chi connectivity index (χ4v) is 4.30. The topological polar surface area (TPSA) is 116 Å². The molecule has 2 aliphatic carbocycles. The molecule has 2 aliphatic rings. The highest BCUT2D eigenvalue weighted by Gasteiger charge is 2.15. The maximum atomic E-state index is 11.8. The van der Waals surface area contributed by atoms with E-state index in [-0.39, 0.29) is 48.6 Å². The van der Waals surface area contributed by atoms with Gasteiger partial charge in [0.15, 0.2) is 0 Å². The zero-order chi connectivity index (χ0) is 21.6. The molecular formula is C20H26N4O4S2. The number of hydrogen-bond donors (Lipinski definition) is 4. The van der Waals surface area contributed by atoms with Crippen LogP contribution in [-0.4, -0.2) is 61.3 Å². The molecule has 162 valence electrons. The van der Waals surface area contributed by atoms with Crippen molar-refractivity contribution in [1.82, 2.24) is 21.3 Å². The van der Waals surface area contributed by atoms with Crippen molar-refractivity contribution in [3.05, 3.63) is 48.6 Å². The molecule has 10 heteroatoms. The van der Waals surface area contributed by atoms with Crippen LogP contribution in [0.1, 0.15) is 0 Å². The molecule has 0 atom stereocenters. The molecule has 0 heterocycles. The summed E-state index contributed by atoms with van der Waals surface area (Å²) in [6, 6.07) is 0. The molecule has 2 rings (SSSR count). The molecule has 0 aliphatic heterocycles. The number of amides is 4. The van der Waals surface area contributed by atoms with E-state index in [4.69, 9.17) is 0 Å². The molecule has 0 saturated heterocycles. The molecule has 4 amide bonds. The lowest BCUT2D eigenvalue weighted by Crippen LogP contribution is -2.39. The monoisotopic (exact) mass is 450 g/mol. The summed E-state index contributed by atoms with van der Waals surface area (Å²) in [6.45, 7) is 0.922. The number of carbonyl (C=O) groups is 4. The van der Waals surface area contributed by atoms with E-state index < -0.39 is 0 Å². The van der Waals surface area contributed by atoms with E-state index in [1.165, 1.54) is 0 Å². The third-order valence-electron chi connectivity index (χ3n) is 4.05. The van der Waals surface area contributed by atoms with Gasteiger partial charge in [-0.05, 0) is 0 Å². The van der Waals surface area contributed by atoms with Crippen molar-refractivity contribution >= 4 is 45.2 Å². The third-order valence-corrected chi connectivity index (χ3v) is 6.45. The van der Waals surface area contributed by atoms with E-state index in [1.807, 2.05) is 0 Å². The Labute approximate surface area is 183 Å². The first-order valence-corrected chi connectivity index (χ1v) is 12.1. The summed E-state index contributed by atoms with van der Waals surface area (Å²) >= 11 is 0. The Balaban J connectivity index is 1.38. The molecular weight excluding hydrogens is 424 g/mol. The first-order chi connectivity index (χ1) is 14.6. The zero-order valence-electron chi connectivity index (χ0n) is 16.5. The van der Waals surface area contributed by atoms with Gasteiger partial charge < -0.3 is 21.3 Å². The molecule has 4 N–H and O–H groups in total. The van der Waals surface area contributed by atoms with Gasteiger partial charge in [-0.3, -0.25) is 19.2 Å². The normalized spacial score (nSPS) is 14.8. The second kappa shape index (κ2) is 13.7. The van der Waals surface area contributed by atoms with E-state index in [9.17, 15) is 19.2 Å². The van der Waals surface area contributed by atoms with Gasteiger partial charge in [-0.1, -0.05) is 70.2 Å². The fraction of sp³-hybridized carbons (Fsp3) is 0.400. The van der Waals surface area contributed by atoms with Gasteiger partial charge in [0.05, 0.1) is 24.9 Å². The second-order valence-electron chi connectivity index (χ2n) is 6.37. The Morgan fingerprint density at radius 1 is 0.600 bits per heavy atom. The van der Waals surface area contributed by atoms with Gasteiger partial charge in [0, 0.05) is 24.6 Å². The Hall–Kier alpha value is -2.46. The van der Waals surface area contributed by atoms with Crippen molar-refractivity contribution in [1.29, 1.82) is 0 Å². The predicted octanol–water partition coefficient (Wildman–Crippen LogP) is 0.317. The first kappa shape index (κ1) is 23.8. The highest BCUT2D eigenvalue weighted by Crippen LogP contribution is 2.19. The van der Waals surface area contributed by atoms with Crippen LogP contribution in [0.15, 0.2) is 48.6 Å². The molecule has 0 aromatic carbocycles. The van der Waals surface area contributed by atoms with Crippen LogP contribution in [0.3, 0.4) is 0 Å². The van der Waals surface area contributed by atoms with Gasteiger partial charge in [0.1, 0.15) is 0 Å². The molecule has 0 bridgehead atoms. The summed E-state index contributed by atoms with van der Waals surface area (Å²) < 4.78 is 0. The smallest absolute Gasteiger partial charge is 0.239 e. The Kier molecular flexibility index (Phi) is 10.9. The lowest BCUT2D eigenvalue weighted by atomic mass is 10.1. The van der Waals surface area contributed by atoms with E-state index in [2.05, 4.69) is 21.3 Å². The minimum absolute atomic E-state index is 0.0370. The molecule has 0 saturated carbocycles. The largest absolute Gasteiger partial charge is 0.354 e. The highest BCUT2D eigenvalue weighted by molar-refractivity contribution is 8.76. The molecule has 0 aromatic heterocycles. The van der Waals surface area contributed by atoms with Crippen molar-refractivity contribution < 1.29 is 19.2 Å². The standard InChI is InChI=1S/C20H26N4O4S2/c25-17(13-23-19(27)15-5-1-2-6-15)21-9-11-29-30-12-10-22-18(26)14-24-20(28)16-7-3-4-8-16/h1-8,15-16H,9-14H2,(H,21,25)(H,22,26)(H,23,27)(H,24,28). The lowest BCUT2D eigenvalue weighted by molar-refractivity contribution is -0.126. The van der Waals surface area contributed by atoms with E-state index in [1.54, 1.807) is 70.2 Å². The van der Waals surface area contributed by atoms with Gasteiger partial charge in [0.2, 0.25) is 23.6 Å². The average molecular weight is 451 g/mol. The molecule has 0 radical (unpaired) electrons. The van der Waals surface area contributed by atoms with Crippen LogP contribution >= 0.6 is 21.6 Å². The third kappa shape index (κ3) is 9.36. The van der Waals surface area contributed by atoms with Crippen molar-refractivity contribution in [2.24, 2.45) is 11.8 Å². The van der Waals surface area contributed by atoms with Crippen LogP contribution in [0.4, 0.5) is 0 Å². The quantitative estimate of drug-likeness (QED) is 0.237. The van der Waals surface area contributed by atoms with Gasteiger partial charge in [-0.25, -0.2) is 0 Å². The summed E-state index contributed by atoms with van der Waals surface area (Å²) in [4.78, 5) is 46.9. The number of hydrogen-bond acceptors (Lipinski definition) is 6. The van der Waals surface area contributed by atoms with Crippen LogP contribution < -0.4 is 21.3 Å². The van der Waals surface area contributed by atoms with E-state index in [0.29, 0.717) is 24.6 Å². The zero-order valence-corrected chi connectivity index (χ0v) is 18.1. The maximum Gasteiger partial charge on any atom is 0.239 e. The van der Waals surface area contributed by atoms with Crippen molar-refractivity contribution in [2.45, 2.75) is 0 Å². The molecule has 0 spiro atoms. The number of nitrogens with one attached hydrogen (secondary N) is 4. The number of rotatable bonds is 13. The average Bonchev–Trinajstić information content (AvgIpc) is 3.46. The molecule has 0 aromatic rings. The Bertz CT molecular complexity index is 663. The van der Waals surface area contributed by atoms with Crippen molar-refractivity contribution in [3.63, 3.8) is 0 Å². The second-order valence-corrected chi connectivity index (χ2v) is 9.07. The van der Waals surface area contributed by atoms with Crippen LogP contribution in [-0.2, 0) is 19.2 Å². The summed E-state index contributed by atoms with van der Waals surface area (Å²) in [5.41, 5.74) is 0. The van der Waals surface area contributed by atoms with Gasteiger partial charge in [0.25, 0.3) is 0 Å². The van der Waals surface area contributed by atoms with Crippen molar-refractivity contribution in [2.75, 3.05) is 37.7 Å².